The van der Waals surface area contributed by atoms with Gasteiger partial charge in [-0.2, -0.15) is 0 Å². The molecule has 1 aromatic heterocycles. The van der Waals surface area contributed by atoms with Crippen molar-refractivity contribution in [1.29, 1.82) is 0 Å². The zero-order chi connectivity index (χ0) is 20.7. The summed E-state index contributed by atoms with van der Waals surface area (Å²) in [5, 5.41) is -0.320. The first kappa shape index (κ1) is 21.3. The molecule has 1 saturated heterocycles. The van der Waals surface area contributed by atoms with Crippen LogP contribution in [0.2, 0.25) is 0 Å². The van der Waals surface area contributed by atoms with Crippen LogP contribution >= 0.6 is 0 Å². The van der Waals surface area contributed by atoms with E-state index in [4.69, 9.17) is 4.98 Å². The molecule has 0 N–H and O–H groups in total. The van der Waals surface area contributed by atoms with Crippen LogP contribution in [-0.2, 0) is 22.8 Å². The highest BCUT2D eigenvalue weighted by atomic mass is 32.2. The molecule has 0 bridgehead atoms. The molecule has 3 rings (SSSR count). The molecule has 1 aromatic carbocycles. The van der Waals surface area contributed by atoms with E-state index in [2.05, 4.69) is 49.2 Å². The normalized spacial score (nSPS) is 19.2. The van der Waals surface area contributed by atoms with Crippen LogP contribution in [0.5, 0.6) is 0 Å². The minimum atomic E-state index is -3.33. The summed E-state index contributed by atoms with van der Waals surface area (Å²) >= 11 is 0. The number of fused-ring (bicyclic) bond motifs is 1. The van der Waals surface area contributed by atoms with Gasteiger partial charge >= 0.3 is 0 Å². The van der Waals surface area contributed by atoms with Crippen molar-refractivity contribution < 1.29 is 8.42 Å². The van der Waals surface area contributed by atoms with E-state index in [9.17, 15) is 8.42 Å². The van der Waals surface area contributed by atoms with Crippen molar-refractivity contribution in [2.24, 2.45) is 5.41 Å². The number of benzene rings is 1. The summed E-state index contributed by atoms with van der Waals surface area (Å²) in [5.74, 6) is 1.03. The Hall–Kier alpha value is -1.44. The monoisotopic (exact) mass is 406 g/mol. The van der Waals surface area contributed by atoms with E-state index >= 15 is 0 Å². The third-order valence-electron chi connectivity index (χ3n) is 5.37. The standard InChI is InChI=1S/C21H34N4O2S/c1-21(2,3)14-20-22-18-13-16(28(26,27)17-9-10-24(6)15-17)7-8-19(18)25(20)12-11-23(4)5/h7-8,13,17H,9-12,14-15H2,1-6H3/t17-/m0/s1. The van der Waals surface area contributed by atoms with Gasteiger partial charge in [0.25, 0.3) is 0 Å². The second-order valence-corrected chi connectivity index (χ2v) is 11.8. The average Bonchev–Trinajstić information content (AvgIpc) is 3.14. The Morgan fingerprint density at radius 3 is 2.54 bits per heavy atom. The van der Waals surface area contributed by atoms with Crippen LogP contribution in [0.25, 0.3) is 11.0 Å². The summed E-state index contributed by atoms with van der Waals surface area (Å²) in [6, 6.07) is 5.49. The number of rotatable bonds is 6. The number of hydrogen-bond donors (Lipinski definition) is 0. The zero-order valence-electron chi connectivity index (χ0n) is 18.1. The lowest BCUT2D eigenvalue weighted by molar-refractivity contribution is 0.365. The molecule has 28 heavy (non-hydrogen) atoms. The minimum absolute atomic E-state index is 0.112. The molecule has 2 aromatic rings. The van der Waals surface area contributed by atoms with Crippen LogP contribution in [-0.4, -0.2) is 73.8 Å². The molecular formula is C21H34N4O2S. The topological polar surface area (TPSA) is 58.4 Å². The summed E-state index contributed by atoms with van der Waals surface area (Å²) in [6.07, 6.45) is 1.55. The molecule has 1 aliphatic heterocycles. The smallest absolute Gasteiger partial charge is 0.182 e. The van der Waals surface area contributed by atoms with Crippen LogP contribution in [0.1, 0.15) is 33.0 Å². The van der Waals surface area contributed by atoms with Crippen LogP contribution < -0.4 is 0 Å². The number of likely N-dealkylation sites (N-methyl/N-ethyl adjacent to an activating group) is 1. The van der Waals surface area contributed by atoms with Crippen LogP contribution in [0, 0.1) is 5.41 Å². The van der Waals surface area contributed by atoms with Gasteiger partial charge in [0, 0.05) is 26.1 Å². The predicted molar refractivity (Wildman–Crippen MR) is 115 cm³/mol. The molecule has 0 aliphatic carbocycles. The highest BCUT2D eigenvalue weighted by Gasteiger charge is 2.33. The van der Waals surface area contributed by atoms with E-state index in [1.165, 1.54) is 0 Å². The molecule has 0 amide bonds. The van der Waals surface area contributed by atoms with Gasteiger partial charge in [0.15, 0.2) is 9.84 Å². The van der Waals surface area contributed by atoms with Crippen LogP contribution in [0.4, 0.5) is 0 Å². The summed E-state index contributed by atoms with van der Waals surface area (Å²) in [7, 11) is 2.77. The first-order chi connectivity index (χ1) is 13.0. The number of sulfone groups is 1. The molecule has 1 aliphatic rings. The zero-order valence-corrected chi connectivity index (χ0v) is 18.9. The highest BCUT2D eigenvalue weighted by Crippen LogP contribution is 2.28. The van der Waals surface area contributed by atoms with Gasteiger partial charge in [0.1, 0.15) is 5.82 Å². The van der Waals surface area contributed by atoms with Crippen molar-refractivity contribution in [1.82, 2.24) is 19.4 Å². The lowest BCUT2D eigenvalue weighted by Crippen LogP contribution is -2.25. The molecule has 0 spiro atoms. The quantitative estimate of drug-likeness (QED) is 0.738. The van der Waals surface area contributed by atoms with E-state index in [0.717, 1.165) is 42.9 Å². The first-order valence-corrected chi connectivity index (χ1v) is 11.6. The van der Waals surface area contributed by atoms with Crippen molar-refractivity contribution >= 4 is 20.9 Å². The molecular weight excluding hydrogens is 372 g/mol. The Kier molecular flexibility index (Phi) is 5.90. The number of likely N-dealkylation sites (tertiary alicyclic amines) is 1. The lowest BCUT2D eigenvalue weighted by Gasteiger charge is -2.19. The summed E-state index contributed by atoms with van der Waals surface area (Å²) < 4.78 is 28.4. The fraction of sp³-hybridized carbons (Fsp3) is 0.667. The molecule has 156 valence electrons. The lowest BCUT2D eigenvalue weighted by atomic mass is 9.92. The highest BCUT2D eigenvalue weighted by molar-refractivity contribution is 7.92. The molecule has 0 unspecified atom stereocenters. The van der Waals surface area contributed by atoms with E-state index in [1.807, 2.05) is 13.1 Å². The van der Waals surface area contributed by atoms with Crippen molar-refractivity contribution in [3.63, 3.8) is 0 Å². The van der Waals surface area contributed by atoms with E-state index < -0.39 is 9.84 Å². The Morgan fingerprint density at radius 1 is 1.25 bits per heavy atom. The van der Waals surface area contributed by atoms with Crippen molar-refractivity contribution in [2.45, 2.75) is 50.3 Å². The Balaban J connectivity index is 2.01. The van der Waals surface area contributed by atoms with Gasteiger partial charge in [-0.15, -0.1) is 0 Å². The fourth-order valence-electron chi connectivity index (χ4n) is 3.84. The van der Waals surface area contributed by atoms with E-state index in [1.54, 1.807) is 12.1 Å². The summed E-state index contributed by atoms with van der Waals surface area (Å²) in [4.78, 5) is 9.50. The maximum absolute atomic E-state index is 13.1. The Labute approximate surface area is 169 Å². The van der Waals surface area contributed by atoms with Crippen molar-refractivity contribution in [2.75, 3.05) is 40.8 Å². The third kappa shape index (κ3) is 4.58. The summed E-state index contributed by atoms with van der Waals surface area (Å²) in [5.41, 5.74) is 1.91. The summed E-state index contributed by atoms with van der Waals surface area (Å²) in [6.45, 7) is 9.80. The molecule has 0 radical (unpaired) electrons. The van der Waals surface area contributed by atoms with E-state index in [0.29, 0.717) is 17.9 Å². The number of nitrogens with zero attached hydrogens (tertiary/aromatic N) is 4. The maximum atomic E-state index is 13.1. The Morgan fingerprint density at radius 2 is 1.96 bits per heavy atom. The predicted octanol–water partition coefficient (Wildman–Crippen LogP) is 2.66. The average molecular weight is 407 g/mol. The third-order valence-corrected chi connectivity index (χ3v) is 7.55. The molecule has 2 heterocycles. The SMILES string of the molecule is CN(C)CCn1c(CC(C)(C)C)nc2cc(S(=O)(=O)[C@H]3CCN(C)C3)ccc21. The first-order valence-electron chi connectivity index (χ1n) is 10.0. The Bertz CT molecular complexity index is 941. The van der Waals surface area contributed by atoms with Crippen molar-refractivity contribution in [3.05, 3.63) is 24.0 Å². The van der Waals surface area contributed by atoms with Gasteiger partial charge in [0.05, 0.1) is 21.2 Å². The van der Waals surface area contributed by atoms with Gasteiger partial charge in [-0.1, -0.05) is 20.8 Å². The second kappa shape index (κ2) is 7.76. The number of aromatic nitrogens is 2. The molecule has 7 heteroatoms. The van der Waals surface area contributed by atoms with Gasteiger partial charge < -0.3 is 14.4 Å². The molecule has 1 atom stereocenters. The molecule has 0 saturated carbocycles. The number of imidazole rings is 1. The van der Waals surface area contributed by atoms with Gasteiger partial charge in [-0.3, -0.25) is 0 Å². The molecule has 6 nitrogen and oxygen atoms in total. The van der Waals surface area contributed by atoms with Gasteiger partial charge in [0.2, 0.25) is 0 Å². The minimum Gasteiger partial charge on any atom is -0.327 e. The van der Waals surface area contributed by atoms with Crippen molar-refractivity contribution in [3.8, 4) is 0 Å². The maximum Gasteiger partial charge on any atom is 0.182 e. The van der Waals surface area contributed by atoms with E-state index in [-0.39, 0.29) is 10.7 Å². The van der Waals surface area contributed by atoms with Crippen LogP contribution in [0.15, 0.2) is 23.1 Å². The van der Waals surface area contributed by atoms with Gasteiger partial charge in [-0.25, -0.2) is 13.4 Å². The largest absolute Gasteiger partial charge is 0.327 e. The second-order valence-electron chi connectivity index (χ2n) is 9.59. The van der Waals surface area contributed by atoms with Gasteiger partial charge in [-0.05, 0) is 57.7 Å². The fourth-order valence-corrected chi connectivity index (χ4v) is 5.62. The molecule has 1 fully saturated rings. The number of hydrogen-bond acceptors (Lipinski definition) is 5. The van der Waals surface area contributed by atoms with Crippen LogP contribution in [0.3, 0.4) is 0 Å².